The lowest BCUT2D eigenvalue weighted by atomic mass is 10.0. The lowest BCUT2D eigenvalue weighted by molar-refractivity contribution is 0.0254. The molecule has 10 nitrogen and oxygen atoms in total. The molecular formula is C30H28N4O6. The first-order chi connectivity index (χ1) is 19.4. The molecule has 204 valence electrons. The van der Waals surface area contributed by atoms with Crippen LogP contribution in [0.25, 0.3) is 33.6 Å². The van der Waals surface area contributed by atoms with Crippen molar-refractivity contribution in [3.05, 3.63) is 71.9 Å². The Labute approximate surface area is 230 Å². The third-order valence-electron chi connectivity index (χ3n) is 6.78. The number of hydrogen-bond acceptors (Lipinski definition) is 7. The minimum Gasteiger partial charge on any atom is -0.489 e. The number of fused-ring (bicyclic) bond motifs is 1. The highest BCUT2D eigenvalue weighted by atomic mass is 16.5. The second-order valence-electron chi connectivity index (χ2n) is 9.47. The number of benzene rings is 2. The second-order valence-corrected chi connectivity index (χ2v) is 9.47. The van der Waals surface area contributed by atoms with Gasteiger partial charge in [0.15, 0.2) is 5.58 Å². The number of nitriles is 1. The highest BCUT2D eigenvalue weighted by Gasteiger charge is 2.19. The zero-order valence-electron chi connectivity index (χ0n) is 21.9. The van der Waals surface area contributed by atoms with Crippen molar-refractivity contribution >= 4 is 23.1 Å². The largest absolute Gasteiger partial charge is 0.489 e. The number of likely N-dealkylation sites (N-methyl/N-ethyl adjacent to an activating group) is 1. The number of carbonyl (C=O) groups excluding carboxylic acids is 1. The lowest BCUT2D eigenvalue weighted by Crippen LogP contribution is -2.35. The van der Waals surface area contributed by atoms with Crippen LogP contribution in [0, 0.1) is 11.3 Å². The summed E-state index contributed by atoms with van der Waals surface area (Å²) in [5.41, 5.74) is 4.52. The molecule has 0 radical (unpaired) electrons. The number of carbonyl (C=O) groups is 2. The summed E-state index contributed by atoms with van der Waals surface area (Å²) in [6.45, 7) is 1.71. The molecule has 2 amide bonds. The van der Waals surface area contributed by atoms with Crippen molar-refractivity contribution in [2.45, 2.75) is 18.9 Å². The lowest BCUT2D eigenvalue weighted by Gasteiger charge is -2.23. The van der Waals surface area contributed by atoms with Crippen LogP contribution in [0.4, 0.5) is 4.79 Å². The fourth-order valence-corrected chi connectivity index (χ4v) is 4.49. The topological polar surface area (TPSA) is 138 Å². The van der Waals surface area contributed by atoms with E-state index in [4.69, 9.17) is 19.0 Å². The predicted molar refractivity (Wildman–Crippen MR) is 147 cm³/mol. The van der Waals surface area contributed by atoms with Crippen molar-refractivity contribution in [3.63, 3.8) is 0 Å². The van der Waals surface area contributed by atoms with E-state index in [1.54, 1.807) is 36.5 Å². The molecule has 0 atom stereocenters. The van der Waals surface area contributed by atoms with Crippen LogP contribution in [0.2, 0.25) is 0 Å². The first-order valence-corrected chi connectivity index (χ1v) is 12.9. The maximum absolute atomic E-state index is 12.4. The van der Waals surface area contributed by atoms with E-state index in [0.717, 1.165) is 34.4 Å². The second kappa shape index (κ2) is 11.9. The molecule has 0 saturated carbocycles. The molecule has 0 bridgehead atoms. The van der Waals surface area contributed by atoms with Gasteiger partial charge in [0.25, 0.3) is 5.91 Å². The monoisotopic (exact) mass is 540 g/mol. The van der Waals surface area contributed by atoms with Crippen molar-refractivity contribution in [1.82, 2.24) is 15.2 Å². The molecule has 2 aromatic heterocycles. The van der Waals surface area contributed by atoms with E-state index in [1.807, 2.05) is 24.3 Å². The van der Waals surface area contributed by atoms with Gasteiger partial charge in [-0.15, -0.1) is 0 Å². The minimum absolute atomic E-state index is 0.0306. The average Bonchev–Trinajstić information content (AvgIpc) is 3.42. The molecule has 1 aliphatic heterocycles. The third kappa shape index (κ3) is 5.90. The summed E-state index contributed by atoms with van der Waals surface area (Å²) >= 11 is 0. The molecule has 4 aromatic rings. The minimum atomic E-state index is -1.05. The number of ether oxygens (including phenoxy) is 2. The van der Waals surface area contributed by atoms with Gasteiger partial charge in [-0.1, -0.05) is 18.2 Å². The molecule has 0 spiro atoms. The van der Waals surface area contributed by atoms with Crippen LogP contribution >= 0.6 is 0 Å². The molecular weight excluding hydrogens is 512 g/mol. The molecule has 1 aliphatic rings. The molecule has 0 unspecified atom stereocenters. The van der Waals surface area contributed by atoms with Crippen LogP contribution in [-0.2, 0) is 4.74 Å². The van der Waals surface area contributed by atoms with E-state index in [2.05, 4.69) is 16.4 Å². The molecule has 2 N–H and O–H groups in total. The SMILES string of the molecule is CN(CCNC(=O)c1ccc(-c2cc3nccc(-c4ccc(OC5CCOCC5)c(C#N)c4)c3o2)cc1)C(=O)O. The van der Waals surface area contributed by atoms with E-state index in [0.29, 0.717) is 47.0 Å². The quantitative estimate of drug-likeness (QED) is 0.321. The Morgan fingerprint density at radius 3 is 2.60 bits per heavy atom. The van der Waals surface area contributed by atoms with E-state index < -0.39 is 6.09 Å². The summed E-state index contributed by atoms with van der Waals surface area (Å²) in [5, 5.41) is 21.4. The molecule has 1 saturated heterocycles. The summed E-state index contributed by atoms with van der Waals surface area (Å²) in [5.74, 6) is 0.850. The highest BCUT2D eigenvalue weighted by Crippen LogP contribution is 2.35. The van der Waals surface area contributed by atoms with E-state index >= 15 is 0 Å². The predicted octanol–water partition coefficient (Wildman–Crippen LogP) is 4.93. The van der Waals surface area contributed by atoms with E-state index in [1.165, 1.54) is 7.05 Å². The normalized spacial score (nSPS) is 13.5. The first kappa shape index (κ1) is 26.7. The molecule has 5 rings (SSSR count). The smallest absolute Gasteiger partial charge is 0.407 e. The molecule has 3 heterocycles. The molecule has 40 heavy (non-hydrogen) atoms. The van der Waals surface area contributed by atoms with Gasteiger partial charge in [0, 0.05) is 61.9 Å². The Hall–Kier alpha value is -4.88. The Kier molecular flexibility index (Phi) is 7.94. The number of furan rings is 1. The van der Waals surface area contributed by atoms with Gasteiger partial charge in [-0.3, -0.25) is 9.78 Å². The number of carboxylic acid groups (broad SMARTS) is 1. The highest BCUT2D eigenvalue weighted by molar-refractivity contribution is 5.95. The number of rotatable bonds is 8. The number of nitrogens with zero attached hydrogens (tertiary/aromatic N) is 3. The zero-order valence-corrected chi connectivity index (χ0v) is 21.9. The zero-order chi connectivity index (χ0) is 28.1. The first-order valence-electron chi connectivity index (χ1n) is 12.9. The van der Waals surface area contributed by atoms with Crippen LogP contribution in [0.5, 0.6) is 5.75 Å². The third-order valence-corrected chi connectivity index (χ3v) is 6.78. The van der Waals surface area contributed by atoms with Crippen LogP contribution in [-0.4, -0.2) is 66.4 Å². The summed E-state index contributed by atoms with van der Waals surface area (Å²) in [6.07, 6.45) is 2.27. The van der Waals surface area contributed by atoms with Crippen LogP contribution in [0.1, 0.15) is 28.8 Å². The summed E-state index contributed by atoms with van der Waals surface area (Å²) in [7, 11) is 1.44. The van der Waals surface area contributed by atoms with Gasteiger partial charge in [0.2, 0.25) is 0 Å². The summed E-state index contributed by atoms with van der Waals surface area (Å²) in [6, 6.07) is 18.4. The van der Waals surface area contributed by atoms with Crippen molar-refractivity contribution in [2.24, 2.45) is 0 Å². The number of aromatic nitrogens is 1. The van der Waals surface area contributed by atoms with Gasteiger partial charge >= 0.3 is 6.09 Å². The Balaban J connectivity index is 1.34. The fourth-order valence-electron chi connectivity index (χ4n) is 4.49. The van der Waals surface area contributed by atoms with Crippen molar-refractivity contribution < 1.29 is 28.6 Å². The Morgan fingerprint density at radius 2 is 1.88 bits per heavy atom. The number of hydrogen-bond donors (Lipinski definition) is 2. The van der Waals surface area contributed by atoms with Gasteiger partial charge in [-0.05, 0) is 35.9 Å². The molecule has 10 heteroatoms. The van der Waals surface area contributed by atoms with Crippen molar-refractivity contribution in [1.29, 1.82) is 5.26 Å². The summed E-state index contributed by atoms with van der Waals surface area (Å²) < 4.78 is 17.7. The maximum atomic E-state index is 12.4. The van der Waals surface area contributed by atoms with Crippen molar-refractivity contribution in [3.8, 4) is 34.3 Å². The van der Waals surface area contributed by atoms with Crippen LogP contribution in [0.3, 0.4) is 0 Å². The molecule has 2 aromatic carbocycles. The van der Waals surface area contributed by atoms with E-state index in [-0.39, 0.29) is 25.1 Å². The number of pyridine rings is 1. The van der Waals surface area contributed by atoms with Crippen molar-refractivity contribution in [2.75, 3.05) is 33.4 Å². The Bertz CT molecular complexity index is 1570. The van der Waals surface area contributed by atoms with Gasteiger partial charge in [0.1, 0.15) is 29.2 Å². The molecule has 0 aliphatic carbocycles. The van der Waals surface area contributed by atoms with Crippen LogP contribution < -0.4 is 10.1 Å². The van der Waals surface area contributed by atoms with Gasteiger partial charge < -0.3 is 29.2 Å². The number of amides is 2. The fraction of sp³-hybridized carbons (Fsp3) is 0.267. The van der Waals surface area contributed by atoms with Gasteiger partial charge in [-0.2, -0.15) is 5.26 Å². The number of nitrogens with one attached hydrogen (secondary N) is 1. The summed E-state index contributed by atoms with van der Waals surface area (Å²) in [4.78, 5) is 28.9. The van der Waals surface area contributed by atoms with Gasteiger partial charge in [-0.25, -0.2) is 4.79 Å². The van der Waals surface area contributed by atoms with Crippen LogP contribution in [0.15, 0.2) is 65.2 Å². The maximum Gasteiger partial charge on any atom is 0.407 e. The average molecular weight is 541 g/mol. The molecule has 1 fully saturated rings. The van der Waals surface area contributed by atoms with Gasteiger partial charge in [0.05, 0.1) is 18.8 Å². The Morgan fingerprint density at radius 1 is 1.12 bits per heavy atom. The van der Waals surface area contributed by atoms with E-state index in [9.17, 15) is 14.9 Å². The standard InChI is InChI=1S/C30H28N4O6/c1-34(30(36)37)13-12-33-29(35)20-4-2-19(3-5-20)27-17-25-28(40-27)24(8-11-32-25)21-6-7-26(22(16-21)18-31)39-23-9-14-38-15-10-23/h2-8,11,16-17,23H,9-10,12-15H2,1H3,(H,33,35)(H,36,37).